The molecule has 1 aromatic carbocycles. The molecule has 0 fully saturated rings. The van der Waals surface area contributed by atoms with Crippen molar-refractivity contribution in [1.82, 2.24) is 10.0 Å². The SMILES string of the molecule is Cc1c(Cl)cccc1C(CNS(C)(=O)=O)NC(=O)OC(C)(C)C. The lowest BCUT2D eigenvalue weighted by Crippen LogP contribution is -2.40. The van der Waals surface area contributed by atoms with Crippen LogP contribution < -0.4 is 10.0 Å². The number of carbonyl (C=O) groups excluding carboxylic acids is 1. The summed E-state index contributed by atoms with van der Waals surface area (Å²) in [6.07, 6.45) is 0.430. The molecule has 0 aromatic heterocycles. The Kier molecular flexibility index (Phi) is 6.44. The minimum absolute atomic E-state index is 0.000736. The fourth-order valence-electron chi connectivity index (χ4n) is 1.92. The molecule has 130 valence electrons. The number of hydrogen-bond donors (Lipinski definition) is 2. The second kappa shape index (κ2) is 7.51. The third kappa shape index (κ3) is 7.20. The van der Waals surface area contributed by atoms with Crippen molar-refractivity contribution in [2.45, 2.75) is 39.3 Å². The first kappa shape index (κ1) is 19.7. The van der Waals surface area contributed by atoms with Crippen molar-refractivity contribution >= 4 is 27.7 Å². The topological polar surface area (TPSA) is 84.5 Å². The van der Waals surface area contributed by atoms with Crippen molar-refractivity contribution in [2.24, 2.45) is 0 Å². The van der Waals surface area contributed by atoms with E-state index in [9.17, 15) is 13.2 Å². The highest BCUT2D eigenvalue weighted by Gasteiger charge is 2.23. The molecule has 0 aliphatic rings. The third-order valence-corrected chi connectivity index (χ3v) is 4.03. The van der Waals surface area contributed by atoms with E-state index in [2.05, 4.69) is 10.0 Å². The van der Waals surface area contributed by atoms with E-state index in [0.29, 0.717) is 5.02 Å². The average Bonchev–Trinajstić information content (AvgIpc) is 2.35. The van der Waals surface area contributed by atoms with E-state index in [1.54, 1.807) is 39.0 Å². The monoisotopic (exact) mass is 362 g/mol. The summed E-state index contributed by atoms with van der Waals surface area (Å²) in [6, 6.07) is 4.66. The molecular formula is C15H23ClN2O4S. The van der Waals surface area contributed by atoms with Crippen LogP contribution in [0.3, 0.4) is 0 Å². The maximum atomic E-state index is 12.0. The van der Waals surface area contributed by atoms with E-state index in [-0.39, 0.29) is 6.54 Å². The van der Waals surface area contributed by atoms with Crippen molar-refractivity contribution in [3.05, 3.63) is 34.3 Å². The zero-order valence-electron chi connectivity index (χ0n) is 13.9. The Bertz CT molecular complexity index is 669. The van der Waals surface area contributed by atoms with Gasteiger partial charge in [-0.3, -0.25) is 0 Å². The van der Waals surface area contributed by atoms with Gasteiger partial charge in [-0.15, -0.1) is 0 Å². The highest BCUT2D eigenvalue weighted by atomic mass is 35.5. The molecule has 0 heterocycles. The maximum absolute atomic E-state index is 12.0. The Balaban J connectivity index is 3.02. The summed E-state index contributed by atoms with van der Waals surface area (Å²) in [7, 11) is -3.40. The largest absolute Gasteiger partial charge is 0.444 e. The molecule has 8 heteroatoms. The quantitative estimate of drug-likeness (QED) is 0.843. The summed E-state index contributed by atoms with van der Waals surface area (Å²) >= 11 is 6.11. The number of hydrogen-bond acceptors (Lipinski definition) is 4. The third-order valence-electron chi connectivity index (χ3n) is 2.93. The van der Waals surface area contributed by atoms with E-state index in [4.69, 9.17) is 16.3 Å². The zero-order chi connectivity index (χ0) is 17.8. The summed E-state index contributed by atoms with van der Waals surface area (Å²) in [5.41, 5.74) is 0.840. The van der Waals surface area contributed by atoms with Gasteiger partial charge >= 0.3 is 6.09 Å². The Morgan fingerprint density at radius 2 is 1.96 bits per heavy atom. The Labute approximate surface area is 142 Å². The fourth-order valence-corrected chi connectivity index (χ4v) is 2.58. The van der Waals surface area contributed by atoms with Crippen LogP contribution in [-0.2, 0) is 14.8 Å². The lowest BCUT2D eigenvalue weighted by molar-refractivity contribution is 0.0504. The standard InChI is InChI=1S/C15H23ClN2O4S/c1-10-11(7-6-8-12(10)16)13(9-17-23(5,20)21)18-14(19)22-15(2,3)4/h6-8,13,17H,9H2,1-5H3,(H,18,19). The van der Waals surface area contributed by atoms with Crippen LogP contribution in [-0.4, -0.2) is 32.9 Å². The second-order valence-corrected chi connectivity index (χ2v) is 8.51. The lowest BCUT2D eigenvalue weighted by Gasteiger charge is -2.25. The molecule has 1 unspecified atom stereocenters. The Hall–Kier alpha value is -1.31. The first-order valence-corrected chi connectivity index (χ1v) is 9.35. The van der Waals surface area contributed by atoms with Gasteiger partial charge in [-0.1, -0.05) is 23.7 Å². The van der Waals surface area contributed by atoms with E-state index in [1.165, 1.54) is 0 Å². The van der Waals surface area contributed by atoms with Gasteiger partial charge in [0.05, 0.1) is 12.3 Å². The molecule has 0 aliphatic heterocycles. The first-order chi connectivity index (χ1) is 10.4. The molecule has 1 rings (SSSR count). The van der Waals surface area contributed by atoms with Gasteiger partial charge in [-0.25, -0.2) is 17.9 Å². The van der Waals surface area contributed by atoms with Gasteiger partial charge in [0, 0.05) is 11.6 Å². The molecule has 1 aromatic rings. The van der Waals surface area contributed by atoms with Crippen LogP contribution in [0.2, 0.25) is 5.02 Å². The number of carbonyl (C=O) groups is 1. The lowest BCUT2D eigenvalue weighted by atomic mass is 10.0. The number of benzene rings is 1. The Morgan fingerprint density at radius 3 is 2.48 bits per heavy atom. The minimum Gasteiger partial charge on any atom is -0.444 e. The van der Waals surface area contributed by atoms with Crippen LogP contribution in [0.25, 0.3) is 0 Å². The molecule has 0 aliphatic carbocycles. The van der Waals surface area contributed by atoms with Gasteiger partial charge in [0.15, 0.2) is 0 Å². The van der Waals surface area contributed by atoms with Crippen LogP contribution in [0, 0.1) is 6.92 Å². The van der Waals surface area contributed by atoms with Gasteiger partial charge in [-0.2, -0.15) is 0 Å². The summed E-state index contributed by atoms with van der Waals surface area (Å²) < 4.78 is 30.3. The molecule has 0 spiro atoms. The predicted molar refractivity (Wildman–Crippen MR) is 91.1 cm³/mol. The number of nitrogens with one attached hydrogen (secondary N) is 2. The van der Waals surface area contributed by atoms with Gasteiger partial charge in [0.1, 0.15) is 5.60 Å². The Morgan fingerprint density at radius 1 is 1.35 bits per heavy atom. The number of amides is 1. The number of rotatable bonds is 5. The second-order valence-electron chi connectivity index (χ2n) is 6.27. The molecule has 0 saturated heterocycles. The van der Waals surface area contributed by atoms with Crippen molar-refractivity contribution < 1.29 is 17.9 Å². The molecule has 0 bridgehead atoms. The van der Waals surface area contributed by atoms with Crippen molar-refractivity contribution in [2.75, 3.05) is 12.8 Å². The maximum Gasteiger partial charge on any atom is 0.408 e. The zero-order valence-corrected chi connectivity index (χ0v) is 15.5. The summed E-state index contributed by atoms with van der Waals surface area (Å²) in [6.45, 7) is 7.06. The van der Waals surface area contributed by atoms with Crippen LogP contribution in [0.1, 0.15) is 37.9 Å². The van der Waals surface area contributed by atoms with Gasteiger partial charge in [-0.05, 0) is 44.9 Å². The molecule has 23 heavy (non-hydrogen) atoms. The van der Waals surface area contributed by atoms with E-state index < -0.39 is 27.8 Å². The highest BCUT2D eigenvalue weighted by molar-refractivity contribution is 7.88. The summed E-state index contributed by atoms with van der Waals surface area (Å²) in [4.78, 5) is 12.0. The van der Waals surface area contributed by atoms with E-state index in [1.807, 2.05) is 6.92 Å². The highest BCUT2D eigenvalue weighted by Crippen LogP contribution is 2.24. The van der Waals surface area contributed by atoms with Gasteiger partial charge < -0.3 is 10.1 Å². The molecule has 2 N–H and O–H groups in total. The predicted octanol–water partition coefficient (Wildman–Crippen LogP) is 2.76. The van der Waals surface area contributed by atoms with Crippen molar-refractivity contribution in [3.63, 3.8) is 0 Å². The number of alkyl carbamates (subject to hydrolysis) is 1. The van der Waals surface area contributed by atoms with Crippen LogP contribution >= 0.6 is 11.6 Å². The average molecular weight is 363 g/mol. The molecular weight excluding hydrogens is 340 g/mol. The molecule has 1 amide bonds. The summed E-state index contributed by atoms with van der Waals surface area (Å²) in [5, 5.41) is 3.22. The summed E-state index contributed by atoms with van der Waals surface area (Å²) in [5.74, 6) is 0. The first-order valence-electron chi connectivity index (χ1n) is 7.08. The normalized spacial score (nSPS) is 13.5. The number of sulfonamides is 1. The van der Waals surface area contributed by atoms with Crippen LogP contribution in [0.15, 0.2) is 18.2 Å². The number of ether oxygens (including phenoxy) is 1. The van der Waals surface area contributed by atoms with Crippen LogP contribution in [0.4, 0.5) is 4.79 Å². The van der Waals surface area contributed by atoms with Crippen molar-refractivity contribution in [3.8, 4) is 0 Å². The smallest absolute Gasteiger partial charge is 0.408 e. The fraction of sp³-hybridized carbons (Fsp3) is 0.533. The van der Waals surface area contributed by atoms with Gasteiger partial charge in [0.2, 0.25) is 10.0 Å². The number of halogens is 1. The van der Waals surface area contributed by atoms with E-state index >= 15 is 0 Å². The van der Waals surface area contributed by atoms with Gasteiger partial charge in [0.25, 0.3) is 0 Å². The van der Waals surface area contributed by atoms with E-state index in [0.717, 1.165) is 17.4 Å². The molecule has 1 atom stereocenters. The van der Waals surface area contributed by atoms with Crippen LogP contribution in [0.5, 0.6) is 0 Å². The molecule has 0 saturated carbocycles. The van der Waals surface area contributed by atoms with Crippen molar-refractivity contribution in [1.29, 1.82) is 0 Å². The molecule has 6 nitrogen and oxygen atoms in total. The molecule has 0 radical (unpaired) electrons. The minimum atomic E-state index is -3.40.